The molecule has 82 valence electrons. The zero-order chi connectivity index (χ0) is 12.3. The van der Waals surface area contributed by atoms with Crippen molar-refractivity contribution in [3.63, 3.8) is 0 Å². The minimum absolute atomic E-state index is 0.0297. The second-order valence-corrected chi connectivity index (χ2v) is 3.67. The van der Waals surface area contributed by atoms with E-state index in [4.69, 9.17) is 5.26 Å². The second kappa shape index (κ2) is 4.86. The van der Waals surface area contributed by atoms with Gasteiger partial charge in [-0.2, -0.15) is 5.26 Å². The highest BCUT2D eigenvalue weighted by Gasteiger charge is 2.18. The smallest absolute Gasteiger partial charge is 0.273 e. The van der Waals surface area contributed by atoms with Gasteiger partial charge in [0.15, 0.2) is 5.78 Å². The summed E-state index contributed by atoms with van der Waals surface area (Å²) in [6.45, 7) is 1.53. The molecule has 0 heterocycles. The summed E-state index contributed by atoms with van der Waals surface area (Å²) < 4.78 is 0. The van der Waals surface area contributed by atoms with E-state index in [0.29, 0.717) is 5.56 Å². The molecule has 0 saturated carbocycles. The standard InChI is InChI=1S/C10H7BrN2O3/c1-6-2-7(5-12)8(10(14)4-11)3-9(6)13(15)16/h2-3H,4H2,1H3. The van der Waals surface area contributed by atoms with Crippen molar-refractivity contribution >= 4 is 27.4 Å². The molecule has 1 aromatic carbocycles. The zero-order valence-corrected chi connectivity index (χ0v) is 9.94. The quantitative estimate of drug-likeness (QED) is 0.369. The average Bonchev–Trinajstić information content (AvgIpc) is 2.27. The fourth-order valence-corrected chi connectivity index (χ4v) is 1.59. The Hall–Kier alpha value is -1.74. The van der Waals surface area contributed by atoms with Gasteiger partial charge in [-0.05, 0) is 13.0 Å². The number of alkyl halides is 1. The number of Topliss-reactive ketones (excluding diaryl/α,β-unsaturated/α-hetero) is 1. The average molecular weight is 283 g/mol. The summed E-state index contributed by atoms with van der Waals surface area (Å²) in [4.78, 5) is 21.6. The first-order valence-corrected chi connectivity index (χ1v) is 5.41. The Bertz CT molecular complexity index is 506. The van der Waals surface area contributed by atoms with E-state index in [-0.39, 0.29) is 27.9 Å². The summed E-state index contributed by atoms with van der Waals surface area (Å²) in [6, 6.07) is 4.36. The largest absolute Gasteiger partial charge is 0.293 e. The van der Waals surface area contributed by atoms with Crippen LogP contribution >= 0.6 is 15.9 Å². The van der Waals surface area contributed by atoms with Crippen molar-refractivity contribution in [1.82, 2.24) is 0 Å². The van der Waals surface area contributed by atoms with E-state index < -0.39 is 4.92 Å². The Balaban J connectivity index is 3.48. The maximum Gasteiger partial charge on any atom is 0.273 e. The summed E-state index contributed by atoms with van der Waals surface area (Å²) >= 11 is 2.97. The SMILES string of the molecule is Cc1cc(C#N)c(C(=O)CBr)cc1[N+](=O)[O-]. The normalized spacial score (nSPS) is 9.56. The second-order valence-electron chi connectivity index (χ2n) is 3.11. The van der Waals surface area contributed by atoms with Crippen molar-refractivity contribution in [3.05, 3.63) is 38.9 Å². The van der Waals surface area contributed by atoms with Gasteiger partial charge in [-0.3, -0.25) is 14.9 Å². The Morgan fingerprint density at radius 1 is 1.62 bits per heavy atom. The highest BCUT2D eigenvalue weighted by atomic mass is 79.9. The molecule has 6 heteroatoms. The topological polar surface area (TPSA) is 84.0 Å². The van der Waals surface area contributed by atoms with Gasteiger partial charge in [0.05, 0.1) is 21.9 Å². The number of nitrogens with zero attached hydrogens (tertiary/aromatic N) is 2. The molecule has 0 aliphatic heterocycles. The van der Waals surface area contributed by atoms with E-state index in [0.717, 1.165) is 6.07 Å². The molecule has 0 saturated heterocycles. The molecule has 0 fully saturated rings. The van der Waals surface area contributed by atoms with Gasteiger partial charge in [0.25, 0.3) is 5.69 Å². The lowest BCUT2D eigenvalue weighted by Gasteiger charge is -2.03. The van der Waals surface area contributed by atoms with Crippen molar-refractivity contribution in [3.8, 4) is 6.07 Å². The molecule has 0 atom stereocenters. The van der Waals surface area contributed by atoms with E-state index in [2.05, 4.69) is 15.9 Å². The number of benzene rings is 1. The first kappa shape index (κ1) is 12.3. The van der Waals surface area contributed by atoms with Gasteiger partial charge in [0, 0.05) is 17.2 Å². The lowest BCUT2D eigenvalue weighted by atomic mass is 10.0. The summed E-state index contributed by atoms with van der Waals surface area (Å²) in [5.41, 5.74) is 0.459. The van der Waals surface area contributed by atoms with Crippen LogP contribution in [0.4, 0.5) is 5.69 Å². The number of carbonyl (C=O) groups excluding carboxylic acids is 1. The van der Waals surface area contributed by atoms with Crippen LogP contribution in [0, 0.1) is 28.4 Å². The van der Waals surface area contributed by atoms with Crippen LogP contribution in [0.1, 0.15) is 21.5 Å². The Morgan fingerprint density at radius 3 is 2.69 bits per heavy atom. The van der Waals surface area contributed by atoms with E-state index in [9.17, 15) is 14.9 Å². The fraction of sp³-hybridized carbons (Fsp3) is 0.200. The maximum absolute atomic E-state index is 11.5. The summed E-state index contributed by atoms with van der Waals surface area (Å²) in [5, 5.41) is 19.5. The molecular formula is C10H7BrN2O3. The third kappa shape index (κ3) is 2.25. The number of hydrogen-bond donors (Lipinski definition) is 0. The first-order chi connectivity index (χ1) is 7.51. The van der Waals surface area contributed by atoms with Crippen LogP contribution in [0.5, 0.6) is 0 Å². The minimum Gasteiger partial charge on any atom is -0.293 e. The van der Waals surface area contributed by atoms with Crippen molar-refractivity contribution in [2.24, 2.45) is 0 Å². The van der Waals surface area contributed by atoms with Crippen LogP contribution in [0.2, 0.25) is 0 Å². The van der Waals surface area contributed by atoms with E-state index in [1.165, 1.54) is 13.0 Å². The van der Waals surface area contributed by atoms with Crippen molar-refractivity contribution in [2.75, 3.05) is 5.33 Å². The summed E-state index contributed by atoms with van der Waals surface area (Å²) in [5.74, 6) is -0.348. The lowest BCUT2D eigenvalue weighted by molar-refractivity contribution is -0.385. The number of rotatable bonds is 3. The zero-order valence-electron chi connectivity index (χ0n) is 8.36. The Labute approximate surface area is 100.0 Å². The molecule has 16 heavy (non-hydrogen) atoms. The molecule has 0 bridgehead atoms. The third-order valence-electron chi connectivity index (χ3n) is 2.08. The van der Waals surface area contributed by atoms with E-state index in [1.54, 1.807) is 0 Å². The maximum atomic E-state index is 11.5. The van der Waals surface area contributed by atoms with Crippen LogP contribution in [0.15, 0.2) is 12.1 Å². The lowest BCUT2D eigenvalue weighted by Crippen LogP contribution is -2.05. The van der Waals surface area contributed by atoms with Gasteiger partial charge in [-0.1, -0.05) is 15.9 Å². The van der Waals surface area contributed by atoms with E-state index >= 15 is 0 Å². The monoisotopic (exact) mass is 282 g/mol. The van der Waals surface area contributed by atoms with E-state index in [1.807, 2.05) is 6.07 Å². The van der Waals surface area contributed by atoms with Crippen molar-refractivity contribution in [2.45, 2.75) is 6.92 Å². The number of nitriles is 1. The first-order valence-electron chi connectivity index (χ1n) is 4.29. The number of nitro groups is 1. The molecule has 0 aliphatic carbocycles. The number of nitro benzene ring substituents is 1. The molecule has 1 aromatic rings. The summed E-state index contributed by atoms with van der Waals surface area (Å²) in [7, 11) is 0. The minimum atomic E-state index is -0.568. The number of hydrogen-bond acceptors (Lipinski definition) is 4. The molecular weight excluding hydrogens is 276 g/mol. The molecule has 1 rings (SSSR count). The molecule has 0 unspecified atom stereocenters. The Morgan fingerprint density at radius 2 is 2.25 bits per heavy atom. The van der Waals surface area contributed by atoms with Gasteiger partial charge < -0.3 is 0 Å². The highest BCUT2D eigenvalue weighted by molar-refractivity contribution is 9.09. The van der Waals surface area contributed by atoms with Crippen LogP contribution in [-0.4, -0.2) is 16.0 Å². The molecule has 0 radical (unpaired) electrons. The number of halogens is 1. The van der Waals surface area contributed by atoms with Gasteiger partial charge in [-0.25, -0.2) is 0 Å². The number of ketones is 1. The van der Waals surface area contributed by atoms with Crippen LogP contribution in [-0.2, 0) is 0 Å². The van der Waals surface area contributed by atoms with Gasteiger partial charge in [0.2, 0.25) is 0 Å². The van der Waals surface area contributed by atoms with Crippen LogP contribution in [0.3, 0.4) is 0 Å². The van der Waals surface area contributed by atoms with Crippen LogP contribution < -0.4 is 0 Å². The summed E-state index contributed by atoms with van der Waals surface area (Å²) in [6.07, 6.45) is 0. The molecule has 0 aromatic heterocycles. The van der Waals surface area contributed by atoms with Gasteiger partial charge in [-0.15, -0.1) is 0 Å². The van der Waals surface area contributed by atoms with Crippen molar-refractivity contribution < 1.29 is 9.72 Å². The predicted octanol–water partition coefficient (Wildman–Crippen LogP) is 2.35. The Kier molecular flexibility index (Phi) is 3.74. The van der Waals surface area contributed by atoms with Crippen LogP contribution in [0.25, 0.3) is 0 Å². The van der Waals surface area contributed by atoms with Gasteiger partial charge >= 0.3 is 0 Å². The highest BCUT2D eigenvalue weighted by Crippen LogP contribution is 2.23. The predicted molar refractivity (Wildman–Crippen MR) is 60.7 cm³/mol. The molecule has 5 nitrogen and oxygen atoms in total. The van der Waals surface area contributed by atoms with Gasteiger partial charge in [0.1, 0.15) is 0 Å². The third-order valence-corrected chi connectivity index (χ3v) is 2.58. The molecule has 0 spiro atoms. The number of aryl methyl sites for hydroxylation is 1. The van der Waals surface area contributed by atoms with Crippen molar-refractivity contribution in [1.29, 1.82) is 5.26 Å². The molecule has 0 N–H and O–H groups in total. The fourth-order valence-electron chi connectivity index (χ4n) is 1.29. The molecule has 0 aliphatic rings. The number of carbonyl (C=O) groups is 1. The molecule has 0 amide bonds.